The second kappa shape index (κ2) is 9.49. The lowest BCUT2D eigenvalue weighted by Crippen LogP contribution is -2.38. The molecule has 0 radical (unpaired) electrons. The number of aryl methyl sites for hydroxylation is 1. The molecule has 2 amide bonds. The quantitative estimate of drug-likeness (QED) is 0.744. The number of hydrogen-bond acceptors (Lipinski definition) is 4. The average Bonchev–Trinajstić information content (AvgIpc) is 2.66. The van der Waals surface area contributed by atoms with Gasteiger partial charge in [-0.3, -0.25) is 14.4 Å². The number of nitrogens with one attached hydrogen (secondary N) is 1. The first-order valence-corrected chi connectivity index (χ1v) is 8.39. The van der Waals surface area contributed by atoms with E-state index in [1.807, 2.05) is 13.0 Å². The van der Waals surface area contributed by atoms with Crippen molar-refractivity contribution >= 4 is 23.5 Å². The number of aliphatic carboxylic acids is 1. The number of carboxylic acid groups (broad SMARTS) is 1. The SMILES string of the molecule is COCCN(CC(=O)O)C(=O)c1ccc(C)c(NC(=O)c2ccccc2)c1. The van der Waals surface area contributed by atoms with Crippen molar-refractivity contribution in [3.8, 4) is 0 Å². The van der Waals surface area contributed by atoms with E-state index in [-0.39, 0.29) is 19.1 Å². The first kappa shape index (κ1) is 20.1. The maximum Gasteiger partial charge on any atom is 0.323 e. The fourth-order valence-corrected chi connectivity index (χ4v) is 2.47. The van der Waals surface area contributed by atoms with Gasteiger partial charge in [-0.25, -0.2) is 0 Å². The third-order valence-corrected chi connectivity index (χ3v) is 3.95. The number of methoxy groups -OCH3 is 1. The fraction of sp³-hybridized carbons (Fsp3) is 0.250. The minimum Gasteiger partial charge on any atom is -0.480 e. The summed E-state index contributed by atoms with van der Waals surface area (Å²) >= 11 is 0. The fourth-order valence-electron chi connectivity index (χ4n) is 2.47. The lowest BCUT2D eigenvalue weighted by atomic mass is 10.1. The number of anilines is 1. The Bertz CT molecular complexity index is 820. The molecule has 2 aromatic carbocycles. The van der Waals surface area contributed by atoms with E-state index in [9.17, 15) is 14.4 Å². The molecule has 0 bridgehead atoms. The van der Waals surface area contributed by atoms with E-state index in [2.05, 4.69) is 5.32 Å². The molecule has 142 valence electrons. The van der Waals surface area contributed by atoms with Crippen LogP contribution in [-0.2, 0) is 9.53 Å². The van der Waals surface area contributed by atoms with Gasteiger partial charge < -0.3 is 20.1 Å². The smallest absolute Gasteiger partial charge is 0.323 e. The van der Waals surface area contributed by atoms with Crippen LogP contribution in [0.25, 0.3) is 0 Å². The average molecular weight is 370 g/mol. The van der Waals surface area contributed by atoms with E-state index >= 15 is 0 Å². The Hall–Kier alpha value is -3.19. The zero-order valence-corrected chi connectivity index (χ0v) is 15.3. The second-order valence-corrected chi connectivity index (χ2v) is 5.96. The summed E-state index contributed by atoms with van der Waals surface area (Å²) in [6.07, 6.45) is 0. The van der Waals surface area contributed by atoms with Gasteiger partial charge in [-0.05, 0) is 36.8 Å². The molecule has 0 unspecified atom stereocenters. The molecule has 0 heterocycles. The van der Waals surface area contributed by atoms with Gasteiger partial charge in [0.1, 0.15) is 6.54 Å². The summed E-state index contributed by atoms with van der Waals surface area (Å²) in [7, 11) is 1.48. The molecule has 7 heteroatoms. The molecule has 0 aliphatic heterocycles. The molecule has 0 aromatic heterocycles. The molecule has 0 spiro atoms. The molecule has 0 fully saturated rings. The Balaban J connectivity index is 2.22. The number of carbonyl (C=O) groups excluding carboxylic acids is 2. The maximum absolute atomic E-state index is 12.7. The Labute approximate surface area is 157 Å². The normalized spacial score (nSPS) is 10.3. The number of hydrogen-bond donors (Lipinski definition) is 2. The van der Waals surface area contributed by atoms with Crippen LogP contribution in [0.5, 0.6) is 0 Å². The standard InChI is InChI=1S/C20H22N2O5/c1-14-8-9-16(20(26)22(10-11-27-2)13-18(23)24)12-17(14)21-19(25)15-6-4-3-5-7-15/h3-9,12H,10-11,13H2,1-2H3,(H,21,25)(H,23,24). The van der Waals surface area contributed by atoms with Crippen molar-refractivity contribution in [2.75, 3.05) is 32.1 Å². The number of carboxylic acids is 1. The molecule has 2 rings (SSSR count). The lowest BCUT2D eigenvalue weighted by molar-refractivity contribution is -0.137. The van der Waals surface area contributed by atoms with E-state index in [1.165, 1.54) is 12.0 Å². The van der Waals surface area contributed by atoms with Gasteiger partial charge in [-0.1, -0.05) is 24.3 Å². The minimum absolute atomic E-state index is 0.154. The van der Waals surface area contributed by atoms with Crippen LogP contribution >= 0.6 is 0 Å². The summed E-state index contributed by atoms with van der Waals surface area (Å²) < 4.78 is 4.94. The molecule has 0 saturated carbocycles. The highest BCUT2D eigenvalue weighted by Gasteiger charge is 2.19. The van der Waals surface area contributed by atoms with Crippen LogP contribution in [0.1, 0.15) is 26.3 Å². The monoisotopic (exact) mass is 370 g/mol. The van der Waals surface area contributed by atoms with Crippen molar-refractivity contribution in [1.29, 1.82) is 0 Å². The highest BCUT2D eigenvalue weighted by atomic mass is 16.5. The third-order valence-electron chi connectivity index (χ3n) is 3.95. The summed E-state index contributed by atoms with van der Waals surface area (Å²) in [4.78, 5) is 37.3. The van der Waals surface area contributed by atoms with Crippen molar-refractivity contribution in [3.05, 3.63) is 65.2 Å². The van der Waals surface area contributed by atoms with Gasteiger partial charge in [-0.2, -0.15) is 0 Å². The van der Waals surface area contributed by atoms with Crippen molar-refractivity contribution in [3.63, 3.8) is 0 Å². The topological polar surface area (TPSA) is 95.9 Å². The van der Waals surface area contributed by atoms with Crippen molar-refractivity contribution in [2.24, 2.45) is 0 Å². The molecule has 0 atom stereocenters. The number of nitrogens with zero attached hydrogens (tertiary/aromatic N) is 1. The largest absolute Gasteiger partial charge is 0.480 e. The van der Waals surface area contributed by atoms with E-state index in [0.717, 1.165) is 5.56 Å². The maximum atomic E-state index is 12.7. The molecule has 2 aromatic rings. The summed E-state index contributed by atoms with van der Waals surface area (Å²) in [5.74, 6) is -1.83. The van der Waals surface area contributed by atoms with Gasteiger partial charge in [0, 0.05) is 30.5 Å². The van der Waals surface area contributed by atoms with E-state index in [1.54, 1.807) is 42.5 Å². The van der Waals surface area contributed by atoms with Crippen molar-refractivity contribution < 1.29 is 24.2 Å². The predicted octanol–water partition coefficient (Wildman–Crippen LogP) is 2.42. The molecule has 0 aliphatic rings. The van der Waals surface area contributed by atoms with Gasteiger partial charge in [0.25, 0.3) is 11.8 Å². The zero-order chi connectivity index (χ0) is 19.8. The molecule has 2 N–H and O–H groups in total. The number of benzene rings is 2. The summed E-state index contributed by atoms with van der Waals surface area (Å²) in [6.45, 7) is 1.76. The number of rotatable bonds is 8. The molecular weight excluding hydrogens is 348 g/mol. The number of carbonyl (C=O) groups is 3. The van der Waals surface area contributed by atoms with Gasteiger partial charge in [0.2, 0.25) is 0 Å². The lowest BCUT2D eigenvalue weighted by Gasteiger charge is -2.21. The van der Waals surface area contributed by atoms with Crippen LogP contribution in [0.15, 0.2) is 48.5 Å². The second-order valence-electron chi connectivity index (χ2n) is 5.96. The minimum atomic E-state index is -1.11. The van der Waals surface area contributed by atoms with E-state index < -0.39 is 18.4 Å². The first-order valence-electron chi connectivity index (χ1n) is 8.39. The van der Waals surface area contributed by atoms with Crippen LogP contribution < -0.4 is 5.32 Å². The molecule has 0 aliphatic carbocycles. The van der Waals surface area contributed by atoms with E-state index in [0.29, 0.717) is 16.8 Å². The van der Waals surface area contributed by atoms with Crippen LogP contribution in [0.3, 0.4) is 0 Å². The molecule has 7 nitrogen and oxygen atoms in total. The van der Waals surface area contributed by atoms with E-state index in [4.69, 9.17) is 9.84 Å². The van der Waals surface area contributed by atoms with Gasteiger partial charge in [-0.15, -0.1) is 0 Å². The van der Waals surface area contributed by atoms with Crippen LogP contribution in [0.4, 0.5) is 5.69 Å². The van der Waals surface area contributed by atoms with Crippen LogP contribution in [0, 0.1) is 6.92 Å². The molecule has 27 heavy (non-hydrogen) atoms. The Morgan fingerprint density at radius 1 is 1.07 bits per heavy atom. The number of amides is 2. The van der Waals surface area contributed by atoms with Crippen LogP contribution in [0.2, 0.25) is 0 Å². The highest BCUT2D eigenvalue weighted by molar-refractivity contribution is 6.05. The zero-order valence-electron chi connectivity index (χ0n) is 15.3. The first-order chi connectivity index (χ1) is 12.9. The summed E-state index contributed by atoms with van der Waals surface area (Å²) in [5, 5.41) is 11.8. The summed E-state index contributed by atoms with van der Waals surface area (Å²) in [6, 6.07) is 13.6. The van der Waals surface area contributed by atoms with Crippen molar-refractivity contribution in [2.45, 2.75) is 6.92 Å². The highest BCUT2D eigenvalue weighted by Crippen LogP contribution is 2.19. The summed E-state index contributed by atoms with van der Waals surface area (Å²) in [5.41, 5.74) is 2.08. The third kappa shape index (κ3) is 5.65. The van der Waals surface area contributed by atoms with Crippen molar-refractivity contribution in [1.82, 2.24) is 4.90 Å². The van der Waals surface area contributed by atoms with Gasteiger partial charge in [0.05, 0.1) is 6.61 Å². The molecular formula is C20H22N2O5. The van der Waals surface area contributed by atoms with Crippen LogP contribution in [-0.4, -0.2) is 54.6 Å². The Kier molecular flexibility index (Phi) is 7.08. The van der Waals surface area contributed by atoms with Gasteiger partial charge in [0.15, 0.2) is 0 Å². The Morgan fingerprint density at radius 2 is 1.78 bits per heavy atom. The predicted molar refractivity (Wildman–Crippen MR) is 101 cm³/mol. The van der Waals surface area contributed by atoms with Gasteiger partial charge >= 0.3 is 5.97 Å². The number of ether oxygens (including phenoxy) is 1. The molecule has 0 saturated heterocycles. The Morgan fingerprint density at radius 3 is 2.41 bits per heavy atom.